The van der Waals surface area contributed by atoms with Crippen molar-refractivity contribution >= 4 is 5.91 Å². The highest BCUT2D eigenvalue weighted by Crippen LogP contribution is 2.64. The van der Waals surface area contributed by atoms with E-state index in [0.29, 0.717) is 11.5 Å². The van der Waals surface area contributed by atoms with E-state index in [0.717, 1.165) is 23.7 Å². The van der Waals surface area contributed by atoms with Crippen molar-refractivity contribution in [2.45, 2.75) is 65.3 Å². The third-order valence-electron chi connectivity index (χ3n) is 8.16. The summed E-state index contributed by atoms with van der Waals surface area (Å²) in [4.78, 5) is 11.7. The number of amides is 1. The summed E-state index contributed by atoms with van der Waals surface area (Å²) in [6.45, 7) is 7.46. The van der Waals surface area contributed by atoms with Crippen LogP contribution in [0.3, 0.4) is 0 Å². The van der Waals surface area contributed by atoms with Gasteiger partial charge in [-0.1, -0.05) is 26.8 Å². The van der Waals surface area contributed by atoms with E-state index >= 15 is 0 Å². The van der Waals surface area contributed by atoms with Crippen molar-refractivity contribution in [2.75, 3.05) is 0 Å². The Balaban J connectivity index is 1.68. The number of carbonyl (C=O) groups is 1. The molecule has 0 bridgehead atoms. The molecule has 7 atom stereocenters. The van der Waals surface area contributed by atoms with Crippen LogP contribution in [0.5, 0.6) is 0 Å². The molecule has 116 valence electrons. The van der Waals surface area contributed by atoms with Crippen molar-refractivity contribution in [1.29, 1.82) is 0 Å². The van der Waals surface area contributed by atoms with E-state index in [4.69, 9.17) is 0 Å². The van der Waals surface area contributed by atoms with E-state index in [2.05, 4.69) is 32.2 Å². The molecule has 2 heteroatoms. The highest BCUT2D eigenvalue weighted by molar-refractivity contribution is 5.89. The summed E-state index contributed by atoms with van der Waals surface area (Å²) < 4.78 is 0. The van der Waals surface area contributed by atoms with E-state index in [-0.39, 0.29) is 11.3 Å². The third kappa shape index (κ3) is 1.74. The lowest BCUT2D eigenvalue weighted by molar-refractivity contribution is -0.122. The van der Waals surface area contributed by atoms with Crippen molar-refractivity contribution in [1.82, 2.24) is 5.32 Å². The van der Waals surface area contributed by atoms with E-state index in [1.165, 1.54) is 38.5 Å². The van der Waals surface area contributed by atoms with Crippen molar-refractivity contribution in [2.24, 2.45) is 34.5 Å². The Hall–Kier alpha value is -0.790. The molecule has 0 spiro atoms. The fourth-order valence-corrected chi connectivity index (χ4v) is 6.60. The molecular formula is C19H29NO. The summed E-state index contributed by atoms with van der Waals surface area (Å²) in [6, 6.07) is 0.374. The molecule has 0 aromatic heterocycles. The van der Waals surface area contributed by atoms with Crippen LogP contribution in [0, 0.1) is 34.5 Å². The smallest absolute Gasteiger partial charge is 0.243 e. The average Bonchev–Trinajstić information content (AvgIpc) is 2.76. The second-order valence-corrected chi connectivity index (χ2v) is 8.74. The summed E-state index contributed by atoms with van der Waals surface area (Å²) >= 11 is 0. The number of fused-ring (bicyclic) bond motifs is 5. The van der Waals surface area contributed by atoms with E-state index in [1.807, 2.05) is 0 Å². The molecule has 0 radical (unpaired) electrons. The molecule has 3 fully saturated rings. The molecule has 0 aromatic carbocycles. The van der Waals surface area contributed by atoms with Gasteiger partial charge in [0.1, 0.15) is 0 Å². The standard InChI is InChI=1S/C19H29NO/c1-12-4-6-14-13-5-7-16-19(3,11-9-17(21)20-16)15(13)8-10-18(12,14)2/h9,11-16H,4-8,10H2,1-3H3,(H,20,21). The van der Waals surface area contributed by atoms with Crippen molar-refractivity contribution < 1.29 is 4.79 Å². The van der Waals surface area contributed by atoms with Gasteiger partial charge in [-0.25, -0.2) is 0 Å². The van der Waals surface area contributed by atoms with Gasteiger partial charge in [0.15, 0.2) is 0 Å². The maximum absolute atomic E-state index is 11.7. The topological polar surface area (TPSA) is 29.1 Å². The number of hydrogen-bond acceptors (Lipinski definition) is 1. The Morgan fingerprint density at radius 3 is 2.71 bits per heavy atom. The lowest BCUT2D eigenvalue weighted by Gasteiger charge is -2.58. The van der Waals surface area contributed by atoms with Gasteiger partial charge < -0.3 is 5.32 Å². The monoisotopic (exact) mass is 287 g/mol. The van der Waals surface area contributed by atoms with Gasteiger partial charge in [0.05, 0.1) is 0 Å². The summed E-state index contributed by atoms with van der Waals surface area (Å²) in [6.07, 6.45) is 12.2. The Bertz CT molecular complexity index is 498. The molecule has 1 amide bonds. The first-order valence-corrected chi connectivity index (χ1v) is 8.95. The largest absolute Gasteiger partial charge is 0.349 e. The molecule has 4 aliphatic rings. The zero-order chi connectivity index (χ0) is 14.8. The van der Waals surface area contributed by atoms with Crippen LogP contribution in [0.25, 0.3) is 0 Å². The van der Waals surface area contributed by atoms with E-state index in [1.54, 1.807) is 6.08 Å². The van der Waals surface area contributed by atoms with Gasteiger partial charge in [-0.15, -0.1) is 0 Å². The van der Waals surface area contributed by atoms with Gasteiger partial charge in [0.25, 0.3) is 0 Å². The second-order valence-electron chi connectivity index (χ2n) is 8.74. The zero-order valence-corrected chi connectivity index (χ0v) is 13.7. The highest BCUT2D eigenvalue weighted by atomic mass is 16.1. The third-order valence-corrected chi connectivity index (χ3v) is 8.16. The fraction of sp³-hybridized carbons (Fsp3) is 0.842. The van der Waals surface area contributed by atoms with Crippen molar-refractivity contribution in [3.63, 3.8) is 0 Å². The molecular weight excluding hydrogens is 258 g/mol. The minimum atomic E-state index is 0.117. The molecule has 2 nitrogen and oxygen atoms in total. The average molecular weight is 287 g/mol. The van der Waals surface area contributed by atoms with Crippen LogP contribution in [0.2, 0.25) is 0 Å². The van der Waals surface area contributed by atoms with Crippen LogP contribution in [-0.2, 0) is 4.79 Å². The summed E-state index contributed by atoms with van der Waals surface area (Å²) in [5.74, 6) is 3.60. The zero-order valence-electron chi connectivity index (χ0n) is 13.7. The lowest BCUT2D eigenvalue weighted by atomic mass is 9.48. The molecule has 0 aromatic rings. The SMILES string of the molecule is CC1CCC2C3CCC4NC(=O)C=CC4(C)C3CCC12C. The maximum Gasteiger partial charge on any atom is 0.243 e. The summed E-state index contributed by atoms with van der Waals surface area (Å²) in [7, 11) is 0. The Morgan fingerprint density at radius 2 is 1.90 bits per heavy atom. The number of hydrogen-bond donors (Lipinski definition) is 1. The van der Waals surface area contributed by atoms with Crippen LogP contribution >= 0.6 is 0 Å². The number of carbonyl (C=O) groups excluding carboxylic acids is 1. The quantitative estimate of drug-likeness (QED) is 0.719. The Morgan fingerprint density at radius 1 is 1.10 bits per heavy atom. The predicted molar refractivity (Wildman–Crippen MR) is 84.6 cm³/mol. The molecule has 3 saturated carbocycles. The van der Waals surface area contributed by atoms with Gasteiger partial charge >= 0.3 is 0 Å². The number of rotatable bonds is 0. The normalized spacial score (nSPS) is 55.4. The van der Waals surface area contributed by atoms with Crippen LogP contribution < -0.4 is 5.32 Å². The number of nitrogens with one attached hydrogen (secondary N) is 1. The molecule has 1 N–H and O–H groups in total. The van der Waals surface area contributed by atoms with Crippen LogP contribution in [0.1, 0.15) is 59.3 Å². The molecule has 1 heterocycles. The Kier molecular flexibility index (Phi) is 2.88. The highest BCUT2D eigenvalue weighted by Gasteiger charge is 2.58. The minimum absolute atomic E-state index is 0.117. The van der Waals surface area contributed by atoms with Crippen molar-refractivity contribution in [3.05, 3.63) is 12.2 Å². The first-order valence-electron chi connectivity index (χ1n) is 8.95. The van der Waals surface area contributed by atoms with E-state index in [9.17, 15) is 4.79 Å². The molecule has 0 saturated heterocycles. The second kappa shape index (κ2) is 4.36. The summed E-state index contributed by atoms with van der Waals surface area (Å²) in [5, 5.41) is 3.24. The fourth-order valence-electron chi connectivity index (χ4n) is 6.60. The van der Waals surface area contributed by atoms with Gasteiger partial charge in [0.2, 0.25) is 5.91 Å². The van der Waals surface area contributed by atoms with Crippen LogP contribution in [0.15, 0.2) is 12.2 Å². The molecule has 1 aliphatic heterocycles. The predicted octanol–water partition coefficient (Wildman–Crippen LogP) is 3.92. The van der Waals surface area contributed by atoms with Gasteiger partial charge in [-0.3, -0.25) is 4.79 Å². The van der Waals surface area contributed by atoms with E-state index < -0.39 is 0 Å². The Labute approximate surface area is 128 Å². The lowest BCUT2D eigenvalue weighted by Crippen LogP contribution is -2.59. The van der Waals surface area contributed by atoms with Crippen molar-refractivity contribution in [3.8, 4) is 0 Å². The minimum Gasteiger partial charge on any atom is -0.349 e. The first kappa shape index (κ1) is 13.8. The van der Waals surface area contributed by atoms with Gasteiger partial charge in [0, 0.05) is 11.5 Å². The van der Waals surface area contributed by atoms with Gasteiger partial charge in [-0.2, -0.15) is 0 Å². The summed E-state index contributed by atoms with van der Waals surface area (Å²) in [5.41, 5.74) is 0.788. The maximum atomic E-state index is 11.7. The van der Waals surface area contributed by atoms with Crippen LogP contribution in [0.4, 0.5) is 0 Å². The molecule has 4 rings (SSSR count). The molecule has 7 unspecified atom stereocenters. The van der Waals surface area contributed by atoms with Crippen LogP contribution in [-0.4, -0.2) is 11.9 Å². The molecule has 21 heavy (non-hydrogen) atoms. The van der Waals surface area contributed by atoms with Gasteiger partial charge in [-0.05, 0) is 73.7 Å². The first-order chi connectivity index (χ1) is 9.95. The molecule has 3 aliphatic carbocycles.